The topological polar surface area (TPSA) is 77.1 Å². The Morgan fingerprint density at radius 2 is 1.50 bits per heavy atom. The van der Waals surface area contributed by atoms with Crippen molar-refractivity contribution < 1.29 is 23.8 Å². The van der Waals surface area contributed by atoms with Crippen LogP contribution in [0.3, 0.4) is 0 Å². The van der Waals surface area contributed by atoms with Crippen LogP contribution in [0.1, 0.15) is 43.5 Å². The van der Waals surface area contributed by atoms with Gasteiger partial charge < -0.3 is 24.4 Å². The molecule has 1 aliphatic heterocycles. The molecule has 2 atom stereocenters. The van der Waals surface area contributed by atoms with E-state index in [9.17, 15) is 9.59 Å². The van der Waals surface area contributed by atoms with E-state index >= 15 is 0 Å². The van der Waals surface area contributed by atoms with Gasteiger partial charge in [-0.3, -0.25) is 9.59 Å². The van der Waals surface area contributed by atoms with Gasteiger partial charge in [-0.25, -0.2) is 0 Å². The summed E-state index contributed by atoms with van der Waals surface area (Å²) < 4.78 is 16.1. The average molecular weight is 441 g/mol. The van der Waals surface area contributed by atoms with Crippen molar-refractivity contribution in [3.8, 4) is 11.5 Å². The molecule has 32 heavy (non-hydrogen) atoms. The molecule has 0 aliphatic carbocycles. The minimum atomic E-state index is -0.225. The molecule has 2 unspecified atom stereocenters. The predicted octanol–water partition coefficient (Wildman–Crippen LogP) is 4.13. The Balaban J connectivity index is 1.49. The van der Waals surface area contributed by atoms with E-state index in [0.29, 0.717) is 36.0 Å². The van der Waals surface area contributed by atoms with Crippen LogP contribution in [0.5, 0.6) is 11.5 Å². The van der Waals surface area contributed by atoms with Crippen LogP contribution in [-0.4, -0.2) is 55.7 Å². The standard InChI is InChI=1S/C25H32N2O5/c1-18-5-4-6-19(2)27(18)24(28)17-32-23-11-7-20(8-12-23)25(29)26-21-9-13-22(14-10-21)31-16-15-30-3/h7-14,18-19H,4-6,15-17H2,1-3H3,(H,26,29). The largest absolute Gasteiger partial charge is 0.491 e. The number of likely N-dealkylation sites (tertiary alicyclic amines) is 1. The zero-order valence-electron chi connectivity index (χ0n) is 19.0. The monoisotopic (exact) mass is 440 g/mol. The molecule has 1 heterocycles. The second-order valence-electron chi connectivity index (χ2n) is 8.06. The second kappa shape index (κ2) is 11.5. The first-order valence-corrected chi connectivity index (χ1v) is 11.0. The predicted molar refractivity (Wildman–Crippen MR) is 123 cm³/mol. The van der Waals surface area contributed by atoms with Crippen molar-refractivity contribution in [2.45, 2.75) is 45.2 Å². The highest BCUT2D eigenvalue weighted by atomic mass is 16.5. The van der Waals surface area contributed by atoms with Crippen molar-refractivity contribution >= 4 is 17.5 Å². The van der Waals surface area contributed by atoms with Gasteiger partial charge in [-0.15, -0.1) is 0 Å². The van der Waals surface area contributed by atoms with Gasteiger partial charge in [-0.1, -0.05) is 0 Å². The van der Waals surface area contributed by atoms with Gasteiger partial charge in [0.05, 0.1) is 6.61 Å². The van der Waals surface area contributed by atoms with E-state index in [0.717, 1.165) is 19.3 Å². The summed E-state index contributed by atoms with van der Waals surface area (Å²) in [4.78, 5) is 27.0. The lowest BCUT2D eigenvalue weighted by Crippen LogP contribution is -2.49. The van der Waals surface area contributed by atoms with Crippen LogP contribution in [0.15, 0.2) is 48.5 Å². The van der Waals surface area contributed by atoms with E-state index in [1.807, 2.05) is 4.90 Å². The number of hydrogen-bond donors (Lipinski definition) is 1. The van der Waals surface area contributed by atoms with Crippen molar-refractivity contribution in [3.63, 3.8) is 0 Å². The minimum Gasteiger partial charge on any atom is -0.491 e. The van der Waals surface area contributed by atoms with Gasteiger partial charge in [0.25, 0.3) is 11.8 Å². The molecule has 2 amide bonds. The summed E-state index contributed by atoms with van der Waals surface area (Å²) in [6.07, 6.45) is 3.22. The third-order valence-corrected chi connectivity index (χ3v) is 5.63. The number of amides is 2. The molecule has 1 aliphatic rings. The molecule has 0 bridgehead atoms. The number of carbonyl (C=O) groups excluding carboxylic acids is 2. The first-order chi connectivity index (χ1) is 15.5. The highest BCUT2D eigenvalue weighted by Gasteiger charge is 2.28. The lowest BCUT2D eigenvalue weighted by molar-refractivity contribution is -0.139. The maximum atomic E-state index is 12.6. The molecular formula is C25H32N2O5. The fourth-order valence-corrected chi connectivity index (χ4v) is 3.92. The lowest BCUT2D eigenvalue weighted by Gasteiger charge is -2.38. The molecule has 2 aromatic rings. The number of anilines is 1. The molecular weight excluding hydrogens is 408 g/mol. The van der Waals surface area contributed by atoms with Crippen LogP contribution in [0, 0.1) is 0 Å². The van der Waals surface area contributed by atoms with Crippen LogP contribution in [0.2, 0.25) is 0 Å². The SMILES string of the molecule is COCCOc1ccc(NC(=O)c2ccc(OCC(=O)N3C(C)CCCC3C)cc2)cc1. The number of ether oxygens (including phenoxy) is 3. The third kappa shape index (κ3) is 6.47. The Hall–Kier alpha value is -3.06. The van der Waals surface area contributed by atoms with E-state index in [-0.39, 0.29) is 30.5 Å². The Bertz CT molecular complexity index is 872. The van der Waals surface area contributed by atoms with Crippen LogP contribution in [0.25, 0.3) is 0 Å². The number of hydrogen-bond acceptors (Lipinski definition) is 5. The highest BCUT2D eigenvalue weighted by molar-refractivity contribution is 6.04. The van der Waals surface area contributed by atoms with Crippen LogP contribution >= 0.6 is 0 Å². The Morgan fingerprint density at radius 3 is 2.12 bits per heavy atom. The first-order valence-electron chi connectivity index (χ1n) is 11.0. The van der Waals surface area contributed by atoms with Gasteiger partial charge in [0, 0.05) is 30.4 Å². The molecule has 3 rings (SSSR count). The number of methoxy groups -OCH3 is 1. The summed E-state index contributed by atoms with van der Waals surface area (Å²) in [7, 11) is 1.62. The molecule has 1 N–H and O–H groups in total. The fraction of sp³-hybridized carbons (Fsp3) is 0.440. The average Bonchev–Trinajstić information content (AvgIpc) is 2.79. The molecule has 1 fully saturated rings. The summed E-state index contributed by atoms with van der Waals surface area (Å²) >= 11 is 0. The molecule has 7 heteroatoms. The number of nitrogens with zero attached hydrogens (tertiary/aromatic N) is 1. The molecule has 0 radical (unpaired) electrons. The van der Waals surface area contributed by atoms with E-state index in [1.54, 1.807) is 55.6 Å². The van der Waals surface area contributed by atoms with Gasteiger partial charge in [-0.2, -0.15) is 0 Å². The number of rotatable bonds is 9. The first kappa shape index (κ1) is 23.6. The van der Waals surface area contributed by atoms with Crippen LogP contribution in [-0.2, 0) is 9.53 Å². The third-order valence-electron chi connectivity index (χ3n) is 5.63. The van der Waals surface area contributed by atoms with Crippen LogP contribution < -0.4 is 14.8 Å². The molecule has 0 saturated carbocycles. The van der Waals surface area contributed by atoms with Gasteiger partial charge in [-0.05, 0) is 81.6 Å². The zero-order chi connectivity index (χ0) is 22.9. The maximum Gasteiger partial charge on any atom is 0.260 e. The van der Waals surface area contributed by atoms with Crippen molar-refractivity contribution in [1.82, 2.24) is 4.90 Å². The van der Waals surface area contributed by atoms with Crippen molar-refractivity contribution in [3.05, 3.63) is 54.1 Å². The van der Waals surface area contributed by atoms with Crippen molar-refractivity contribution in [2.24, 2.45) is 0 Å². The summed E-state index contributed by atoms with van der Waals surface area (Å²) in [5.41, 5.74) is 1.17. The zero-order valence-corrected chi connectivity index (χ0v) is 19.0. The van der Waals surface area contributed by atoms with Gasteiger partial charge in [0.15, 0.2) is 6.61 Å². The summed E-state index contributed by atoms with van der Waals surface area (Å²) in [6.45, 7) is 5.16. The Labute approximate surface area is 189 Å². The lowest BCUT2D eigenvalue weighted by atomic mass is 9.97. The number of benzene rings is 2. The fourth-order valence-electron chi connectivity index (χ4n) is 3.92. The molecule has 172 valence electrons. The normalized spacial score (nSPS) is 18.2. The van der Waals surface area contributed by atoms with Gasteiger partial charge in [0.2, 0.25) is 0 Å². The quantitative estimate of drug-likeness (QED) is 0.593. The molecule has 1 saturated heterocycles. The number of piperidine rings is 1. The van der Waals surface area contributed by atoms with E-state index in [2.05, 4.69) is 19.2 Å². The Morgan fingerprint density at radius 1 is 0.906 bits per heavy atom. The van der Waals surface area contributed by atoms with Crippen LogP contribution in [0.4, 0.5) is 5.69 Å². The number of carbonyl (C=O) groups is 2. The number of nitrogens with one attached hydrogen (secondary N) is 1. The smallest absolute Gasteiger partial charge is 0.260 e. The minimum absolute atomic E-state index is 0.000968. The summed E-state index contributed by atoms with van der Waals surface area (Å²) in [5, 5.41) is 2.85. The van der Waals surface area contributed by atoms with Gasteiger partial charge in [0.1, 0.15) is 18.1 Å². The highest BCUT2D eigenvalue weighted by Crippen LogP contribution is 2.23. The molecule has 0 spiro atoms. The van der Waals surface area contributed by atoms with Crippen molar-refractivity contribution in [2.75, 3.05) is 32.2 Å². The maximum absolute atomic E-state index is 12.6. The molecule has 7 nitrogen and oxygen atoms in total. The second-order valence-corrected chi connectivity index (χ2v) is 8.06. The van der Waals surface area contributed by atoms with E-state index in [4.69, 9.17) is 14.2 Å². The van der Waals surface area contributed by atoms with E-state index in [1.165, 1.54) is 0 Å². The summed E-state index contributed by atoms with van der Waals surface area (Å²) in [5.74, 6) is 1.05. The molecule has 2 aromatic carbocycles. The van der Waals surface area contributed by atoms with Gasteiger partial charge >= 0.3 is 0 Å². The molecule has 0 aromatic heterocycles. The Kier molecular flexibility index (Phi) is 8.50. The van der Waals surface area contributed by atoms with E-state index < -0.39 is 0 Å². The van der Waals surface area contributed by atoms with Crippen molar-refractivity contribution in [1.29, 1.82) is 0 Å². The summed E-state index contributed by atoms with van der Waals surface area (Å²) in [6, 6.07) is 14.4.